The molecule has 114 valence electrons. The summed E-state index contributed by atoms with van der Waals surface area (Å²) < 4.78 is 9.69. The lowest BCUT2D eigenvalue weighted by atomic mass is 9.78. The Morgan fingerprint density at radius 1 is 0.950 bits per heavy atom. The highest BCUT2D eigenvalue weighted by atomic mass is 16.6. The minimum Gasteiger partial charge on any atom is -0.465 e. The maximum absolute atomic E-state index is 12.4. The Morgan fingerprint density at radius 3 is 1.80 bits per heavy atom. The number of ketones is 1. The smallest absolute Gasteiger partial charge is 0.328 e. The van der Waals surface area contributed by atoms with E-state index in [0.717, 1.165) is 25.7 Å². The van der Waals surface area contributed by atoms with Gasteiger partial charge in [-0.25, -0.2) is 0 Å². The fourth-order valence-electron chi connectivity index (χ4n) is 2.56. The fraction of sp³-hybridized carbons (Fsp3) is 0.800. The predicted octanol–water partition coefficient (Wildman–Crippen LogP) is 2.12. The van der Waals surface area contributed by atoms with Crippen LogP contribution in [-0.4, -0.2) is 30.9 Å². The van der Waals surface area contributed by atoms with E-state index >= 15 is 0 Å². The molecule has 0 atom stereocenters. The van der Waals surface area contributed by atoms with Gasteiger partial charge in [0, 0.05) is 5.92 Å². The first-order valence-corrected chi connectivity index (χ1v) is 7.38. The van der Waals surface area contributed by atoms with Crippen molar-refractivity contribution in [3.05, 3.63) is 0 Å². The summed E-state index contributed by atoms with van der Waals surface area (Å²) in [7, 11) is 0. The fourth-order valence-corrected chi connectivity index (χ4v) is 2.56. The van der Waals surface area contributed by atoms with Crippen LogP contribution in [0.4, 0.5) is 0 Å². The van der Waals surface area contributed by atoms with Gasteiger partial charge in [-0.1, -0.05) is 19.8 Å². The Bertz CT molecular complexity index is 337. The van der Waals surface area contributed by atoms with Gasteiger partial charge < -0.3 is 9.47 Å². The lowest BCUT2D eigenvalue weighted by Crippen LogP contribution is -2.39. The van der Waals surface area contributed by atoms with Crippen LogP contribution in [0.5, 0.6) is 0 Å². The predicted molar refractivity (Wildman–Crippen MR) is 72.9 cm³/mol. The molecule has 0 aromatic rings. The van der Waals surface area contributed by atoms with E-state index in [2.05, 4.69) is 6.92 Å². The van der Waals surface area contributed by atoms with E-state index in [1.807, 2.05) is 0 Å². The minimum atomic E-state index is -1.41. The van der Waals surface area contributed by atoms with E-state index in [4.69, 9.17) is 9.47 Å². The molecule has 1 fully saturated rings. The topological polar surface area (TPSA) is 69.7 Å². The van der Waals surface area contributed by atoms with Crippen molar-refractivity contribution in [2.45, 2.75) is 46.5 Å². The molecule has 0 radical (unpaired) electrons. The van der Waals surface area contributed by atoms with Crippen LogP contribution in [0.2, 0.25) is 0 Å². The quantitative estimate of drug-likeness (QED) is 0.552. The van der Waals surface area contributed by atoms with Crippen LogP contribution in [0.15, 0.2) is 0 Å². The van der Waals surface area contributed by atoms with Crippen LogP contribution >= 0.6 is 0 Å². The van der Waals surface area contributed by atoms with Crippen molar-refractivity contribution < 1.29 is 23.9 Å². The molecular weight excluding hydrogens is 260 g/mol. The zero-order chi connectivity index (χ0) is 15.1. The first-order chi connectivity index (χ1) is 9.51. The number of esters is 2. The highest BCUT2D eigenvalue weighted by molar-refractivity contribution is 6.15. The van der Waals surface area contributed by atoms with Gasteiger partial charge in [-0.3, -0.25) is 14.4 Å². The number of hydrogen-bond acceptors (Lipinski definition) is 5. The van der Waals surface area contributed by atoms with Crippen molar-refractivity contribution >= 4 is 17.7 Å². The first kappa shape index (κ1) is 16.7. The average Bonchev–Trinajstić information content (AvgIpc) is 2.40. The van der Waals surface area contributed by atoms with Gasteiger partial charge in [0.2, 0.25) is 5.92 Å². The summed E-state index contributed by atoms with van der Waals surface area (Å²) in [6, 6.07) is 0. The molecule has 1 aliphatic rings. The van der Waals surface area contributed by atoms with Gasteiger partial charge in [-0.2, -0.15) is 0 Å². The molecule has 0 spiro atoms. The first-order valence-electron chi connectivity index (χ1n) is 7.38. The molecule has 0 unspecified atom stereocenters. The lowest BCUT2D eigenvalue weighted by Gasteiger charge is -2.26. The van der Waals surface area contributed by atoms with Crippen LogP contribution < -0.4 is 0 Å². The van der Waals surface area contributed by atoms with Gasteiger partial charge in [0.05, 0.1) is 13.2 Å². The van der Waals surface area contributed by atoms with Crippen molar-refractivity contribution in [2.75, 3.05) is 13.2 Å². The Balaban J connectivity index is 2.78. The zero-order valence-electron chi connectivity index (χ0n) is 12.5. The molecule has 0 N–H and O–H groups in total. The summed E-state index contributed by atoms with van der Waals surface area (Å²) in [6.07, 6.45) is 3.37. The molecule has 20 heavy (non-hydrogen) atoms. The number of ether oxygens (including phenoxy) is 2. The van der Waals surface area contributed by atoms with Crippen LogP contribution in [0, 0.1) is 17.8 Å². The Kier molecular flexibility index (Phi) is 6.68. The van der Waals surface area contributed by atoms with E-state index < -0.39 is 17.9 Å². The number of carbonyl (C=O) groups is 3. The summed E-state index contributed by atoms with van der Waals surface area (Å²) >= 11 is 0. The highest BCUT2D eigenvalue weighted by Crippen LogP contribution is 2.31. The molecule has 0 heterocycles. The second-order valence-corrected chi connectivity index (χ2v) is 5.30. The lowest BCUT2D eigenvalue weighted by molar-refractivity contribution is -0.165. The number of Topliss-reactive ketones (excluding diaryl/α,β-unsaturated/α-hetero) is 1. The minimum absolute atomic E-state index is 0.143. The SMILES string of the molecule is CCOC(=O)C(C(=O)OCC)C(=O)C1CCC(C)CC1. The normalized spacial score (nSPS) is 22.4. The maximum atomic E-state index is 12.4. The van der Waals surface area contributed by atoms with E-state index in [1.54, 1.807) is 13.8 Å². The molecule has 1 rings (SSSR count). The van der Waals surface area contributed by atoms with Gasteiger partial charge in [0.25, 0.3) is 0 Å². The number of carbonyl (C=O) groups excluding carboxylic acids is 3. The van der Waals surface area contributed by atoms with Crippen LogP contribution in [0.1, 0.15) is 46.5 Å². The Hall–Kier alpha value is -1.39. The molecule has 5 nitrogen and oxygen atoms in total. The van der Waals surface area contributed by atoms with Crippen molar-refractivity contribution in [1.29, 1.82) is 0 Å². The van der Waals surface area contributed by atoms with Gasteiger partial charge in [0.1, 0.15) is 0 Å². The third-order valence-corrected chi connectivity index (χ3v) is 3.75. The second-order valence-electron chi connectivity index (χ2n) is 5.30. The molecule has 0 bridgehead atoms. The summed E-state index contributed by atoms with van der Waals surface area (Å²) in [6.45, 7) is 5.72. The van der Waals surface area contributed by atoms with Crippen molar-refractivity contribution in [3.8, 4) is 0 Å². The van der Waals surface area contributed by atoms with Crippen molar-refractivity contribution in [1.82, 2.24) is 0 Å². The van der Waals surface area contributed by atoms with Crippen LogP contribution in [0.3, 0.4) is 0 Å². The molecule has 0 aromatic heterocycles. The molecule has 0 aromatic carbocycles. The van der Waals surface area contributed by atoms with Gasteiger partial charge in [-0.05, 0) is 32.6 Å². The monoisotopic (exact) mass is 284 g/mol. The Labute approximate surface area is 120 Å². The van der Waals surface area contributed by atoms with Crippen LogP contribution in [-0.2, 0) is 23.9 Å². The summed E-state index contributed by atoms with van der Waals surface area (Å²) in [4.78, 5) is 36.2. The third kappa shape index (κ3) is 4.32. The van der Waals surface area contributed by atoms with E-state index in [1.165, 1.54) is 0 Å². The molecule has 5 heteroatoms. The third-order valence-electron chi connectivity index (χ3n) is 3.75. The van der Waals surface area contributed by atoms with E-state index in [9.17, 15) is 14.4 Å². The molecule has 1 saturated carbocycles. The van der Waals surface area contributed by atoms with Gasteiger partial charge in [0.15, 0.2) is 5.78 Å². The summed E-state index contributed by atoms with van der Waals surface area (Å²) in [5.41, 5.74) is 0. The van der Waals surface area contributed by atoms with Crippen molar-refractivity contribution in [3.63, 3.8) is 0 Å². The zero-order valence-corrected chi connectivity index (χ0v) is 12.5. The molecule has 1 aliphatic carbocycles. The Morgan fingerprint density at radius 2 is 1.40 bits per heavy atom. The summed E-state index contributed by atoms with van der Waals surface area (Å²) in [5.74, 6) is -2.95. The van der Waals surface area contributed by atoms with E-state index in [0.29, 0.717) is 5.92 Å². The number of rotatable bonds is 6. The maximum Gasteiger partial charge on any atom is 0.328 e. The largest absolute Gasteiger partial charge is 0.465 e. The van der Waals surface area contributed by atoms with Crippen LogP contribution in [0.25, 0.3) is 0 Å². The highest BCUT2D eigenvalue weighted by Gasteiger charge is 2.41. The second kappa shape index (κ2) is 8.02. The summed E-state index contributed by atoms with van der Waals surface area (Å²) in [5, 5.41) is 0. The molecular formula is C15H24O5. The van der Waals surface area contributed by atoms with E-state index in [-0.39, 0.29) is 24.9 Å². The molecule has 0 aliphatic heterocycles. The number of hydrogen-bond donors (Lipinski definition) is 0. The standard InChI is InChI=1S/C15H24O5/c1-4-19-14(17)12(15(18)20-5-2)13(16)11-8-6-10(3)7-9-11/h10-12H,4-9H2,1-3H3. The average molecular weight is 284 g/mol. The van der Waals surface area contributed by atoms with Crippen molar-refractivity contribution in [2.24, 2.45) is 17.8 Å². The van der Waals surface area contributed by atoms with Gasteiger partial charge >= 0.3 is 11.9 Å². The molecule has 0 saturated heterocycles. The van der Waals surface area contributed by atoms with Gasteiger partial charge in [-0.15, -0.1) is 0 Å². The molecule has 0 amide bonds.